The summed E-state index contributed by atoms with van der Waals surface area (Å²) in [4.78, 5) is 14.0. The topological polar surface area (TPSA) is 35.5 Å². The molecular formula is C25H18O3S. The maximum atomic E-state index is 13.1. The summed E-state index contributed by atoms with van der Waals surface area (Å²) in [5.74, 6) is 7.53. The molecule has 29 heavy (non-hydrogen) atoms. The second-order valence-corrected chi connectivity index (χ2v) is 7.32. The highest BCUT2D eigenvalue weighted by Gasteiger charge is 2.12. The SMILES string of the molecule is COc1ccc(OCC#Cc2c(-c3ccccc3)sc3ccccc3c2=O)cc1. The summed E-state index contributed by atoms with van der Waals surface area (Å²) in [6, 6.07) is 24.8. The number of rotatable bonds is 4. The van der Waals surface area contributed by atoms with E-state index in [9.17, 15) is 4.79 Å². The Bertz CT molecular complexity index is 1250. The van der Waals surface area contributed by atoms with Crippen LogP contribution < -0.4 is 14.9 Å². The molecule has 0 radical (unpaired) electrons. The fourth-order valence-electron chi connectivity index (χ4n) is 2.96. The molecule has 0 amide bonds. The Kier molecular flexibility index (Phi) is 5.60. The first kappa shape index (κ1) is 18.8. The molecule has 0 atom stereocenters. The van der Waals surface area contributed by atoms with E-state index in [1.165, 1.54) is 0 Å². The van der Waals surface area contributed by atoms with Gasteiger partial charge in [-0.25, -0.2) is 0 Å². The summed E-state index contributed by atoms with van der Waals surface area (Å²) < 4.78 is 11.8. The largest absolute Gasteiger partial charge is 0.497 e. The number of methoxy groups -OCH3 is 1. The number of fused-ring (bicyclic) bond motifs is 1. The van der Waals surface area contributed by atoms with Crippen LogP contribution in [0, 0.1) is 11.8 Å². The van der Waals surface area contributed by atoms with Gasteiger partial charge in [-0.3, -0.25) is 4.79 Å². The lowest BCUT2D eigenvalue weighted by atomic mass is 10.1. The van der Waals surface area contributed by atoms with Crippen molar-refractivity contribution in [1.29, 1.82) is 0 Å². The quantitative estimate of drug-likeness (QED) is 0.434. The molecule has 0 bridgehead atoms. The van der Waals surface area contributed by atoms with Crippen molar-refractivity contribution in [3.63, 3.8) is 0 Å². The molecule has 3 nitrogen and oxygen atoms in total. The first-order chi connectivity index (χ1) is 14.3. The van der Waals surface area contributed by atoms with Gasteiger partial charge < -0.3 is 9.47 Å². The van der Waals surface area contributed by atoms with Gasteiger partial charge in [-0.05, 0) is 42.0 Å². The third-order valence-corrected chi connectivity index (χ3v) is 5.64. The Morgan fingerprint density at radius 2 is 1.55 bits per heavy atom. The van der Waals surface area contributed by atoms with Crippen LogP contribution in [0.25, 0.3) is 20.5 Å². The lowest BCUT2D eigenvalue weighted by Crippen LogP contribution is -2.07. The predicted molar refractivity (Wildman–Crippen MR) is 119 cm³/mol. The summed E-state index contributed by atoms with van der Waals surface area (Å²) >= 11 is 1.58. The van der Waals surface area contributed by atoms with E-state index in [0.29, 0.717) is 16.7 Å². The fourth-order valence-corrected chi connectivity index (χ4v) is 4.10. The van der Waals surface area contributed by atoms with Crippen LogP contribution in [0.3, 0.4) is 0 Å². The lowest BCUT2D eigenvalue weighted by Gasteiger charge is -2.06. The fraction of sp³-hybridized carbons (Fsp3) is 0.0800. The van der Waals surface area contributed by atoms with Gasteiger partial charge >= 0.3 is 0 Å². The van der Waals surface area contributed by atoms with Gasteiger partial charge in [-0.2, -0.15) is 0 Å². The smallest absolute Gasteiger partial charge is 0.204 e. The Morgan fingerprint density at radius 1 is 0.862 bits per heavy atom. The van der Waals surface area contributed by atoms with Crippen LogP contribution in [-0.2, 0) is 0 Å². The van der Waals surface area contributed by atoms with Crippen molar-refractivity contribution in [1.82, 2.24) is 0 Å². The molecule has 0 saturated carbocycles. The van der Waals surface area contributed by atoms with Crippen molar-refractivity contribution in [3.8, 4) is 33.8 Å². The van der Waals surface area contributed by atoms with Gasteiger partial charge in [0.1, 0.15) is 18.1 Å². The van der Waals surface area contributed by atoms with Gasteiger partial charge in [0.25, 0.3) is 0 Å². The highest BCUT2D eigenvalue weighted by atomic mass is 32.1. The van der Waals surface area contributed by atoms with Gasteiger partial charge in [-0.1, -0.05) is 54.3 Å². The van der Waals surface area contributed by atoms with Crippen LogP contribution in [0.2, 0.25) is 0 Å². The van der Waals surface area contributed by atoms with E-state index in [2.05, 4.69) is 11.8 Å². The van der Waals surface area contributed by atoms with Crippen LogP contribution in [0.15, 0.2) is 83.7 Å². The average Bonchev–Trinajstić information content (AvgIpc) is 2.79. The molecule has 4 aromatic rings. The minimum Gasteiger partial charge on any atom is -0.497 e. The number of benzene rings is 3. The summed E-state index contributed by atoms with van der Waals surface area (Å²) in [6.07, 6.45) is 0. The van der Waals surface area contributed by atoms with Gasteiger partial charge in [0.05, 0.1) is 17.6 Å². The van der Waals surface area contributed by atoms with E-state index in [-0.39, 0.29) is 12.0 Å². The molecule has 1 aromatic heterocycles. The molecule has 3 aromatic carbocycles. The second kappa shape index (κ2) is 8.64. The van der Waals surface area contributed by atoms with Crippen molar-refractivity contribution in [3.05, 3.63) is 94.6 Å². The molecule has 0 spiro atoms. The molecule has 4 heteroatoms. The minimum absolute atomic E-state index is 0.0462. The van der Waals surface area contributed by atoms with Crippen LogP contribution in [0.4, 0.5) is 0 Å². The number of ether oxygens (including phenoxy) is 2. The Morgan fingerprint density at radius 3 is 2.31 bits per heavy atom. The third-order valence-electron chi connectivity index (χ3n) is 4.42. The van der Waals surface area contributed by atoms with Crippen LogP contribution in [0.1, 0.15) is 5.56 Å². The van der Waals surface area contributed by atoms with Gasteiger partial charge in [-0.15, -0.1) is 11.3 Å². The number of hydrogen-bond acceptors (Lipinski definition) is 4. The standard InChI is InChI=1S/C25H18O3S/c1-27-19-13-15-20(16-14-19)28-17-7-11-22-24(26)21-10-5-6-12-23(21)29-25(22)18-8-3-2-4-9-18/h2-6,8-10,12-16H,17H2,1H3. The highest BCUT2D eigenvalue weighted by Crippen LogP contribution is 2.30. The van der Waals surface area contributed by atoms with E-state index in [1.54, 1.807) is 18.4 Å². The van der Waals surface area contributed by atoms with Crippen molar-refractivity contribution in [2.24, 2.45) is 0 Å². The molecule has 1 heterocycles. The van der Waals surface area contributed by atoms with Crippen molar-refractivity contribution < 1.29 is 9.47 Å². The molecule has 4 rings (SSSR count). The van der Waals surface area contributed by atoms with E-state index in [4.69, 9.17) is 9.47 Å². The first-order valence-electron chi connectivity index (χ1n) is 9.13. The van der Waals surface area contributed by atoms with E-state index < -0.39 is 0 Å². The van der Waals surface area contributed by atoms with Gasteiger partial charge in [0.2, 0.25) is 5.43 Å². The van der Waals surface area contributed by atoms with Crippen LogP contribution in [-0.4, -0.2) is 13.7 Å². The molecule has 0 aliphatic heterocycles. The zero-order valence-corrected chi connectivity index (χ0v) is 16.7. The number of hydrogen-bond donors (Lipinski definition) is 0. The average molecular weight is 398 g/mol. The van der Waals surface area contributed by atoms with E-state index >= 15 is 0 Å². The van der Waals surface area contributed by atoms with Crippen LogP contribution >= 0.6 is 11.3 Å². The van der Waals surface area contributed by atoms with Crippen molar-refractivity contribution >= 4 is 21.4 Å². The molecular weight excluding hydrogens is 380 g/mol. The van der Waals surface area contributed by atoms with E-state index in [1.807, 2.05) is 78.9 Å². The monoisotopic (exact) mass is 398 g/mol. The Labute approximate surface area is 173 Å². The lowest BCUT2D eigenvalue weighted by molar-refractivity contribution is 0.368. The molecule has 0 aliphatic rings. The summed E-state index contributed by atoms with van der Waals surface area (Å²) in [5.41, 5.74) is 1.45. The van der Waals surface area contributed by atoms with E-state index in [0.717, 1.165) is 20.9 Å². The maximum absolute atomic E-state index is 13.1. The Hall–Kier alpha value is -3.55. The summed E-state index contributed by atoms with van der Waals surface area (Å²) in [5, 5.41) is 0.692. The molecule has 0 saturated heterocycles. The third kappa shape index (κ3) is 4.16. The second-order valence-electron chi connectivity index (χ2n) is 6.26. The Balaban J connectivity index is 1.68. The van der Waals surface area contributed by atoms with Crippen molar-refractivity contribution in [2.75, 3.05) is 13.7 Å². The van der Waals surface area contributed by atoms with Crippen LogP contribution in [0.5, 0.6) is 11.5 Å². The maximum Gasteiger partial charge on any atom is 0.204 e. The molecule has 0 fully saturated rings. The van der Waals surface area contributed by atoms with Gasteiger partial charge in [0.15, 0.2) is 0 Å². The summed E-state index contributed by atoms with van der Waals surface area (Å²) in [6.45, 7) is 0.192. The highest BCUT2D eigenvalue weighted by molar-refractivity contribution is 7.21. The van der Waals surface area contributed by atoms with Crippen molar-refractivity contribution in [2.45, 2.75) is 0 Å². The molecule has 142 valence electrons. The van der Waals surface area contributed by atoms with Gasteiger partial charge in [0, 0.05) is 10.1 Å². The minimum atomic E-state index is -0.0462. The normalized spacial score (nSPS) is 10.2. The summed E-state index contributed by atoms with van der Waals surface area (Å²) in [7, 11) is 1.62. The molecule has 0 N–H and O–H groups in total. The zero-order chi connectivity index (χ0) is 20.1. The first-order valence-corrected chi connectivity index (χ1v) is 9.95. The predicted octanol–water partition coefficient (Wildman–Crippen LogP) is 5.37. The molecule has 0 unspecified atom stereocenters. The zero-order valence-electron chi connectivity index (χ0n) is 15.8. The molecule has 0 aliphatic carbocycles.